The first-order valence-corrected chi connectivity index (χ1v) is 9.30. The number of nitrogens with zero attached hydrogens (tertiary/aromatic N) is 2. The summed E-state index contributed by atoms with van der Waals surface area (Å²) in [5.74, 6) is 1.51. The van der Waals surface area contributed by atoms with E-state index in [0.29, 0.717) is 18.0 Å². The van der Waals surface area contributed by atoms with E-state index in [9.17, 15) is 0 Å². The van der Waals surface area contributed by atoms with E-state index < -0.39 is 0 Å². The van der Waals surface area contributed by atoms with Gasteiger partial charge in [0.2, 0.25) is 5.95 Å². The van der Waals surface area contributed by atoms with Crippen molar-refractivity contribution in [2.24, 2.45) is 5.73 Å². The third kappa shape index (κ3) is 4.02. The second kappa shape index (κ2) is 7.54. The Bertz CT molecular complexity index is 710. The van der Waals surface area contributed by atoms with E-state index in [4.69, 9.17) is 20.2 Å². The molecular weight excluding hydrogens is 316 g/mol. The van der Waals surface area contributed by atoms with Crippen LogP contribution in [0.4, 0.5) is 5.95 Å². The Hall–Kier alpha value is -1.92. The van der Waals surface area contributed by atoms with Crippen LogP contribution in [0.5, 0.6) is 5.75 Å². The van der Waals surface area contributed by atoms with Crippen molar-refractivity contribution in [2.75, 3.05) is 18.5 Å². The van der Waals surface area contributed by atoms with E-state index in [-0.39, 0.29) is 6.10 Å². The van der Waals surface area contributed by atoms with Crippen LogP contribution in [0, 0.1) is 0 Å². The summed E-state index contributed by atoms with van der Waals surface area (Å²) in [6, 6.07) is 6.76. The number of nitrogens with two attached hydrogens (primary N) is 1. The van der Waals surface area contributed by atoms with Crippen molar-refractivity contribution in [1.29, 1.82) is 0 Å². The first-order valence-electron chi connectivity index (χ1n) is 9.30. The standard InChI is InChI=1S/C19H26N4O2/c20-14-4-6-15(7-5-14)22-19-21-12-13-2-1-3-17(18(13)23-19)25-16-8-10-24-11-9-16/h1-3,12,14-16H,4-11,20H2,(H,21,22,23)/t14-,15-. The lowest BCUT2D eigenvalue weighted by Gasteiger charge is -2.27. The van der Waals surface area contributed by atoms with Crippen molar-refractivity contribution in [3.63, 3.8) is 0 Å². The van der Waals surface area contributed by atoms with Crippen LogP contribution in [0.15, 0.2) is 24.4 Å². The molecule has 6 heteroatoms. The molecule has 1 aromatic heterocycles. The topological polar surface area (TPSA) is 82.3 Å². The Morgan fingerprint density at radius 3 is 2.68 bits per heavy atom. The average Bonchev–Trinajstić information content (AvgIpc) is 2.65. The van der Waals surface area contributed by atoms with Gasteiger partial charge in [0.25, 0.3) is 0 Å². The number of fused-ring (bicyclic) bond motifs is 1. The van der Waals surface area contributed by atoms with E-state index in [1.165, 1.54) is 0 Å². The molecule has 134 valence electrons. The Morgan fingerprint density at radius 1 is 1.08 bits per heavy atom. The zero-order valence-electron chi connectivity index (χ0n) is 14.5. The Kier molecular flexibility index (Phi) is 4.99. The minimum atomic E-state index is 0.200. The molecule has 4 rings (SSSR count). The van der Waals surface area contributed by atoms with Gasteiger partial charge in [-0.15, -0.1) is 0 Å². The molecule has 3 N–H and O–H groups in total. The van der Waals surface area contributed by atoms with E-state index in [2.05, 4.69) is 10.3 Å². The number of aromatic nitrogens is 2. The van der Waals surface area contributed by atoms with Gasteiger partial charge in [-0.1, -0.05) is 12.1 Å². The minimum Gasteiger partial charge on any atom is -0.488 e. The largest absolute Gasteiger partial charge is 0.488 e. The van der Waals surface area contributed by atoms with Gasteiger partial charge in [0.15, 0.2) is 0 Å². The second-order valence-corrected chi connectivity index (χ2v) is 7.07. The summed E-state index contributed by atoms with van der Waals surface area (Å²) < 4.78 is 11.6. The van der Waals surface area contributed by atoms with Crippen molar-refractivity contribution in [1.82, 2.24) is 9.97 Å². The highest BCUT2D eigenvalue weighted by Gasteiger charge is 2.20. The van der Waals surface area contributed by atoms with E-state index in [1.54, 1.807) is 0 Å². The third-order valence-corrected chi connectivity index (χ3v) is 5.14. The zero-order chi connectivity index (χ0) is 17.1. The van der Waals surface area contributed by atoms with Crippen molar-refractivity contribution >= 4 is 16.9 Å². The molecule has 1 saturated heterocycles. The second-order valence-electron chi connectivity index (χ2n) is 7.07. The van der Waals surface area contributed by atoms with Gasteiger partial charge in [0, 0.05) is 36.5 Å². The molecule has 2 aliphatic rings. The highest BCUT2D eigenvalue weighted by molar-refractivity contribution is 5.84. The van der Waals surface area contributed by atoms with Crippen molar-refractivity contribution in [3.05, 3.63) is 24.4 Å². The molecule has 1 saturated carbocycles. The number of hydrogen-bond donors (Lipinski definition) is 2. The Morgan fingerprint density at radius 2 is 1.88 bits per heavy atom. The molecule has 0 spiro atoms. The molecule has 6 nitrogen and oxygen atoms in total. The summed E-state index contributed by atoms with van der Waals surface area (Å²) >= 11 is 0. The highest BCUT2D eigenvalue weighted by Crippen LogP contribution is 2.28. The normalized spacial score (nSPS) is 25.0. The molecular formula is C19H26N4O2. The smallest absolute Gasteiger partial charge is 0.223 e. The van der Waals surface area contributed by atoms with Gasteiger partial charge in [-0.25, -0.2) is 9.97 Å². The van der Waals surface area contributed by atoms with Gasteiger partial charge in [-0.2, -0.15) is 0 Å². The predicted molar refractivity (Wildman–Crippen MR) is 97.9 cm³/mol. The van der Waals surface area contributed by atoms with E-state index in [0.717, 1.165) is 68.4 Å². The highest BCUT2D eigenvalue weighted by atomic mass is 16.5. The number of anilines is 1. The fraction of sp³-hybridized carbons (Fsp3) is 0.579. The first kappa shape index (κ1) is 16.5. The van der Waals surface area contributed by atoms with Gasteiger partial charge >= 0.3 is 0 Å². The summed E-state index contributed by atoms with van der Waals surface area (Å²) in [4.78, 5) is 9.22. The molecule has 0 radical (unpaired) electrons. The number of para-hydroxylation sites is 1. The van der Waals surface area contributed by atoms with Crippen LogP contribution in [-0.4, -0.2) is 41.4 Å². The van der Waals surface area contributed by atoms with Crippen LogP contribution >= 0.6 is 0 Å². The van der Waals surface area contributed by atoms with Crippen LogP contribution in [0.25, 0.3) is 10.9 Å². The average molecular weight is 342 g/mol. The zero-order valence-corrected chi connectivity index (χ0v) is 14.5. The van der Waals surface area contributed by atoms with Gasteiger partial charge < -0.3 is 20.5 Å². The Balaban J connectivity index is 1.52. The van der Waals surface area contributed by atoms with E-state index in [1.807, 2.05) is 24.4 Å². The summed E-state index contributed by atoms with van der Waals surface area (Å²) in [5, 5.41) is 4.47. The maximum absolute atomic E-state index is 6.21. The summed E-state index contributed by atoms with van der Waals surface area (Å²) in [5.41, 5.74) is 6.86. The molecule has 0 bridgehead atoms. The maximum Gasteiger partial charge on any atom is 0.223 e. The van der Waals surface area contributed by atoms with Crippen LogP contribution in [-0.2, 0) is 4.74 Å². The number of ether oxygens (including phenoxy) is 2. The number of nitrogens with one attached hydrogen (secondary N) is 1. The third-order valence-electron chi connectivity index (χ3n) is 5.14. The molecule has 0 unspecified atom stereocenters. The molecule has 1 aromatic carbocycles. The predicted octanol–water partition coefficient (Wildman–Crippen LogP) is 2.87. The SMILES string of the molecule is N[C@H]1CC[C@H](Nc2ncc3cccc(OC4CCOCC4)c3n2)CC1. The molecule has 2 fully saturated rings. The molecule has 2 heterocycles. The van der Waals surface area contributed by atoms with Crippen LogP contribution < -0.4 is 15.8 Å². The molecule has 2 aromatic rings. The van der Waals surface area contributed by atoms with Crippen LogP contribution in [0.3, 0.4) is 0 Å². The van der Waals surface area contributed by atoms with Gasteiger partial charge in [-0.05, 0) is 31.7 Å². The molecule has 0 atom stereocenters. The van der Waals surface area contributed by atoms with Crippen LogP contribution in [0.2, 0.25) is 0 Å². The van der Waals surface area contributed by atoms with Gasteiger partial charge in [-0.3, -0.25) is 0 Å². The number of rotatable bonds is 4. The fourth-order valence-corrected chi connectivity index (χ4v) is 3.61. The van der Waals surface area contributed by atoms with Crippen molar-refractivity contribution in [3.8, 4) is 5.75 Å². The lowest BCUT2D eigenvalue weighted by Crippen LogP contribution is -2.33. The molecule has 1 aliphatic carbocycles. The molecule has 1 aliphatic heterocycles. The van der Waals surface area contributed by atoms with Crippen LogP contribution in [0.1, 0.15) is 38.5 Å². The summed E-state index contributed by atoms with van der Waals surface area (Å²) in [6.07, 6.45) is 8.18. The maximum atomic E-state index is 6.21. The van der Waals surface area contributed by atoms with E-state index >= 15 is 0 Å². The lowest BCUT2D eigenvalue weighted by molar-refractivity contribution is 0.0261. The minimum absolute atomic E-state index is 0.200. The number of benzene rings is 1. The summed E-state index contributed by atoms with van der Waals surface area (Å²) in [7, 11) is 0. The van der Waals surface area contributed by atoms with Gasteiger partial charge in [0.1, 0.15) is 17.4 Å². The molecule has 0 amide bonds. The van der Waals surface area contributed by atoms with Crippen molar-refractivity contribution < 1.29 is 9.47 Å². The fourth-order valence-electron chi connectivity index (χ4n) is 3.61. The quantitative estimate of drug-likeness (QED) is 0.889. The Labute approximate surface area is 148 Å². The monoisotopic (exact) mass is 342 g/mol. The molecule has 25 heavy (non-hydrogen) atoms. The number of hydrogen-bond acceptors (Lipinski definition) is 6. The lowest BCUT2D eigenvalue weighted by atomic mass is 9.92. The van der Waals surface area contributed by atoms with Crippen molar-refractivity contribution in [2.45, 2.75) is 56.7 Å². The summed E-state index contributed by atoms with van der Waals surface area (Å²) in [6.45, 7) is 1.53. The first-order chi connectivity index (χ1) is 12.3. The van der Waals surface area contributed by atoms with Gasteiger partial charge in [0.05, 0.1) is 13.2 Å².